The topological polar surface area (TPSA) is 98.0 Å². The Morgan fingerprint density at radius 3 is 2.08 bits per heavy atom. The Bertz CT molecular complexity index is 245. The number of nitrogens with two attached hydrogens (primary N) is 2. The van der Waals surface area contributed by atoms with Crippen LogP contribution in [0, 0.1) is 6.92 Å². The lowest BCUT2D eigenvalue weighted by Crippen LogP contribution is -2.01. The number of halogens is 2. The van der Waals surface area contributed by atoms with Crippen molar-refractivity contribution in [2.45, 2.75) is 6.92 Å². The molecule has 5 nitrogen and oxygen atoms in total. The zero-order chi connectivity index (χ0) is 7.72. The number of aromatic hydroxyl groups is 1. The molecule has 1 rings (SSSR count). The van der Waals surface area contributed by atoms with E-state index in [2.05, 4.69) is 9.97 Å². The van der Waals surface area contributed by atoms with Gasteiger partial charge in [0.2, 0.25) is 5.88 Å². The number of hydrogen-bond donors (Lipinski definition) is 3. The van der Waals surface area contributed by atoms with E-state index < -0.39 is 0 Å². The van der Waals surface area contributed by atoms with Gasteiger partial charge in [-0.2, -0.15) is 4.98 Å². The Labute approximate surface area is 82.0 Å². The zero-order valence-corrected chi connectivity index (χ0v) is 7.95. The average Bonchev–Trinajstić information content (AvgIpc) is 1.82. The van der Waals surface area contributed by atoms with Gasteiger partial charge in [-0.05, 0) is 6.92 Å². The predicted molar refractivity (Wildman–Crippen MR) is 51.8 cm³/mol. The van der Waals surface area contributed by atoms with E-state index in [9.17, 15) is 0 Å². The van der Waals surface area contributed by atoms with Gasteiger partial charge in [0.25, 0.3) is 0 Å². The molecule has 7 heteroatoms. The first kappa shape index (κ1) is 13.6. The SMILES string of the molecule is Cc1nc(N)c(N)c(O)n1.Cl.Cl. The van der Waals surface area contributed by atoms with Gasteiger partial charge >= 0.3 is 0 Å². The van der Waals surface area contributed by atoms with Crippen LogP contribution < -0.4 is 11.5 Å². The molecule has 0 saturated heterocycles. The average molecular weight is 213 g/mol. The molecule has 5 N–H and O–H groups in total. The number of nitrogens with zero attached hydrogens (tertiary/aromatic N) is 2. The minimum Gasteiger partial charge on any atom is -0.492 e. The molecule has 1 heterocycles. The lowest BCUT2D eigenvalue weighted by molar-refractivity contribution is 0.453. The first-order valence-electron chi connectivity index (χ1n) is 2.70. The molecule has 0 radical (unpaired) electrons. The van der Waals surface area contributed by atoms with Crippen LogP contribution in [0.5, 0.6) is 5.88 Å². The van der Waals surface area contributed by atoms with Crippen LogP contribution in [-0.4, -0.2) is 15.1 Å². The van der Waals surface area contributed by atoms with Crippen LogP contribution in [0.3, 0.4) is 0 Å². The lowest BCUT2D eigenvalue weighted by Gasteiger charge is -2.00. The van der Waals surface area contributed by atoms with Crippen molar-refractivity contribution in [1.29, 1.82) is 0 Å². The molecule has 0 fully saturated rings. The summed E-state index contributed by atoms with van der Waals surface area (Å²) in [5, 5.41) is 8.92. The van der Waals surface area contributed by atoms with Crippen molar-refractivity contribution in [3.8, 4) is 5.88 Å². The van der Waals surface area contributed by atoms with E-state index >= 15 is 0 Å². The third kappa shape index (κ3) is 2.60. The molecule has 0 bridgehead atoms. The van der Waals surface area contributed by atoms with Crippen LogP contribution in [0.2, 0.25) is 0 Å². The highest BCUT2D eigenvalue weighted by molar-refractivity contribution is 5.85. The van der Waals surface area contributed by atoms with Gasteiger partial charge in [-0.25, -0.2) is 4.98 Å². The molecule has 1 aromatic rings. The van der Waals surface area contributed by atoms with Crippen molar-refractivity contribution in [3.63, 3.8) is 0 Å². The van der Waals surface area contributed by atoms with Crippen LogP contribution in [0.15, 0.2) is 0 Å². The van der Waals surface area contributed by atoms with Crippen molar-refractivity contribution < 1.29 is 5.11 Å². The summed E-state index contributed by atoms with van der Waals surface area (Å²) < 4.78 is 0. The number of rotatable bonds is 0. The van der Waals surface area contributed by atoms with E-state index in [-0.39, 0.29) is 42.2 Å². The van der Waals surface area contributed by atoms with Crippen LogP contribution in [-0.2, 0) is 0 Å². The fourth-order valence-corrected chi connectivity index (χ4v) is 0.588. The molecule has 0 amide bonds. The van der Waals surface area contributed by atoms with Gasteiger partial charge in [-0.15, -0.1) is 24.8 Å². The number of aryl methyl sites for hydroxylation is 1. The smallest absolute Gasteiger partial charge is 0.240 e. The standard InChI is InChI=1S/C5H8N4O.2ClH/c1-2-8-4(7)3(6)5(10)9-2;;/h6H2,1H3,(H3,7,8,9,10);2*1H. The summed E-state index contributed by atoms with van der Waals surface area (Å²) in [6.07, 6.45) is 0. The molecular formula is C5H10Cl2N4O. The van der Waals surface area contributed by atoms with E-state index in [1.54, 1.807) is 6.92 Å². The Morgan fingerprint density at radius 2 is 1.67 bits per heavy atom. The Hall–Kier alpha value is -0.940. The summed E-state index contributed by atoms with van der Waals surface area (Å²) >= 11 is 0. The monoisotopic (exact) mass is 212 g/mol. The van der Waals surface area contributed by atoms with E-state index in [0.717, 1.165) is 0 Å². The van der Waals surface area contributed by atoms with Gasteiger partial charge in [-0.1, -0.05) is 0 Å². The minimum atomic E-state index is -0.259. The van der Waals surface area contributed by atoms with Crippen LogP contribution >= 0.6 is 24.8 Å². The van der Waals surface area contributed by atoms with Gasteiger partial charge < -0.3 is 16.6 Å². The fourth-order valence-electron chi connectivity index (χ4n) is 0.588. The highest BCUT2D eigenvalue weighted by atomic mass is 35.5. The van der Waals surface area contributed by atoms with Gasteiger partial charge in [0.15, 0.2) is 5.82 Å². The molecule has 0 aliphatic carbocycles. The molecular weight excluding hydrogens is 203 g/mol. The van der Waals surface area contributed by atoms with E-state index in [1.165, 1.54) is 0 Å². The Kier molecular flexibility index (Phi) is 5.50. The number of anilines is 2. The normalized spacial score (nSPS) is 8.08. The Balaban J connectivity index is 0. The summed E-state index contributed by atoms with van der Waals surface area (Å²) in [5.74, 6) is 0.263. The van der Waals surface area contributed by atoms with Crippen molar-refractivity contribution in [2.75, 3.05) is 11.5 Å². The highest BCUT2D eigenvalue weighted by Gasteiger charge is 2.03. The van der Waals surface area contributed by atoms with Gasteiger partial charge in [0.05, 0.1) is 0 Å². The summed E-state index contributed by atoms with van der Waals surface area (Å²) in [6, 6.07) is 0. The van der Waals surface area contributed by atoms with Crippen LogP contribution in [0.4, 0.5) is 11.5 Å². The molecule has 0 saturated carbocycles. The predicted octanol–water partition coefficient (Wildman–Crippen LogP) is 0.499. The molecule has 0 aliphatic heterocycles. The summed E-state index contributed by atoms with van der Waals surface area (Å²) in [5.41, 5.74) is 10.6. The van der Waals surface area contributed by atoms with Crippen molar-refractivity contribution in [3.05, 3.63) is 5.82 Å². The van der Waals surface area contributed by atoms with Crippen LogP contribution in [0.25, 0.3) is 0 Å². The maximum atomic E-state index is 8.92. The molecule has 12 heavy (non-hydrogen) atoms. The molecule has 0 aliphatic rings. The number of nitrogen functional groups attached to an aromatic ring is 2. The minimum absolute atomic E-state index is 0. The lowest BCUT2D eigenvalue weighted by atomic mass is 10.4. The fraction of sp³-hybridized carbons (Fsp3) is 0.200. The van der Waals surface area contributed by atoms with Crippen molar-refractivity contribution in [2.24, 2.45) is 0 Å². The molecule has 70 valence electrons. The highest BCUT2D eigenvalue weighted by Crippen LogP contribution is 2.20. The third-order valence-electron chi connectivity index (χ3n) is 1.07. The second-order valence-electron chi connectivity index (χ2n) is 1.89. The summed E-state index contributed by atoms with van der Waals surface area (Å²) in [6.45, 7) is 1.62. The first-order valence-corrected chi connectivity index (χ1v) is 2.70. The van der Waals surface area contributed by atoms with E-state index in [0.29, 0.717) is 5.82 Å². The largest absolute Gasteiger partial charge is 0.492 e. The number of aromatic nitrogens is 2. The van der Waals surface area contributed by atoms with E-state index in [4.69, 9.17) is 16.6 Å². The Morgan fingerprint density at radius 1 is 1.17 bits per heavy atom. The first-order chi connectivity index (χ1) is 4.61. The quantitative estimate of drug-likeness (QED) is 0.582. The van der Waals surface area contributed by atoms with E-state index in [1.807, 2.05) is 0 Å². The molecule has 0 unspecified atom stereocenters. The second kappa shape index (κ2) is 4.84. The van der Waals surface area contributed by atoms with Gasteiger partial charge in [0.1, 0.15) is 11.5 Å². The molecule has 0 spiro atoms. The maximum absolute atomic E-state index is 8.92. The summed E-state index contributed by atoms with van der Waals surface area (Å²) in [7, 11) is 0. The van der Waals surface area contributed by atoms with Crippen molar-refractivity contribution in [1.82, 2.24) is 9.97 Å². The van der Waals surface area contributed by atoms with Crippen LogP contribution in [0.1, 0.15) is 5.82 Å². The summed E-state index contributed by atoms with van der Waals surface area (Å²) in [4.78, 5) is 7.29. The number of hydrogen-bond acceptors (Lipinski definition) is 5. The molecule has 0 aromatic carbocycles. The van der Waals surface area contributed by atoms with Gasteiger partial charge in [0, 0.05) is 0 Å². The van der Waals surface area contributed by atoms with Crippen molar-refractivity contribution >= 4 is 36.3 Å². The molecule has 0 atom stereocenters. The maximum Gasteiger partial charge on any atom is 0.240 e. The molecule has 1 aromatic heterocycles. The zero-order valence-electron chi connectivity index (χ0n) is 6.31. The third-order valence-corrected chi connectivity index (χ3v) is 1.07. The van der Waals surface area contributed by atoms with Gasteiger partial charge in [-0.3, -0.25) is 0 Å². The second-order valence-corrected chi connectivity index (χ2v) is 1.89.